The van der Waals surface area contributed by atoms with E-state index in [0.29, 0.717) is 11.6 Å². The van der Waals surface area contributed by atoms with Crippen molar-refractivity contribution >= 4 is 27.8 Å². The van der Waals surface area contributed by atoms with Crippen LogP contribution in [0.2, 0.25) is 0 Å². The number of nitrogens with one attached hydrogen (secondary N) is 1. The van der Waals surface area contributed by atoms with Gasteiger partial charge in [0.2, 0.25) is 0 Å². The average Bonchev–Trinajstić information content (AvgIpc) is 3.10. The van der Waals surface area contributed by atoms with Gasteiger partial charge in [-0.1, -0.05) is 15.9 Å². The van der Waals surface area contributed by atoms with Crippen molar-refractivity contribution in [1.82, 2.24) is 10.1 Å². The van der Waals surface area contributed by atoms with Crippen LogP contribution in [0.4, 0.5) is 5.95 Å². The molecule has 1 N–H and O–H groups in total. The fourth-order valence-electron chi connectivity index (χ4n) is 1.97. The monoisotopic (exact) mass is 403 g/mol. The van der Waals surface area contributed by atoms with Crippen molar-refractivity contribution in [2.75, 3.05) is 19.0 Å². The molecule has 0 unspecified atom stereocenters. The number of hydrogen-bond acceptors (Lipinski definition) is 6. The third-order valence-electron chi connectivity index (χ3n) is 3.20. The number of amides is 1. The summed E-state index contributed by atoms with van der Waals surface area (Å²) in [5.41, 5.74) is 0.722. The van der Waals surface area contributed by atoms with Crippen molar-refractivity contribution in [2.45, 2.75) is 0 Å². The van der Waals surface area contributed by atoms with Crippen LogP contribution in [0.5, 0.6) is 11.5 Å². The second kappa shape index (κ2) is 7.80. The van der Waals surface area contributed by atoms with Crippen molar-refractivity contribution in [1.29, 1.82) is 0 Å². The van der Waals surface area contributed by atoms with Gasteiger partial charge in [-0.05, 0) is 53.7 Å². The van der Waals surface area contributed by atoms with Gasteiger partial charge in [0.05, 0.1) is 7.11 Å². The Balaban J connectivity index is 1.56. The van der Waals surface area contributed by atoms with Crippen LogP contribution in [-0.2, 0) is 4.79 Å². The van der Waals surface area contributed by atoms with Crippen LogP contribution < -0.4 is 14.8 Å². The molecule has 25 heavy (non-hydrogen) atoms. The summed E-state index contributed by atoms with van der Waals surface area (Å²) in [5.74, 6) is 1.30. The zero-order chi connectivity index (χ0) is 17.6. The normalized spacial score (nSPS) is 10.3. The van der Waals surface area contributed by atoms with E-state index in [4.69, 9.17) is 14.0 Å². The highest BCUT2D eigenvalue weighted by Crippen LogP contribution is 2.21. The van der Waals surface area contributed by atoms with E-state index in [1.807, 2.05) is 12.1 Å². The zero-order valence-electron chi connectivity index (χ0n) is 13.2. The van der Waals surface area contributed by atoms with Gasteiger partial charge >= 0.3 is 0 Å². The topological polar surface area (TPSA) is 86.5 Å². The number of ether oxygens (including phenoxy) is 2. The Kier molecular flexibility index (Phi) is 5.30. The van der Waals surface area contributed by atoms with Crippen molar-refractivity contribution < 1.29 is 18.8 Å². The second-order valence-corrected chi connectivity index (χ2v) is 5.86. The molecule has 3 rings (SSSR count). The summed E-state index contributed by atoms with van der Waals surface area (Å²) >= 11 is 3.33. The minimum absolute atomic E-state index is 0.0789. The van der Waals surface area contributed by atoms with E-state index >= 15 is 0 Å². The molecule has 0 fully saturated rings. The number of rotatable bonds is 6. The van der Waals surface area contributed by atoms with Crippen LogP contribution >= 0.6 is 15.9 Å². The van der Waals surface area contributed by atoms with Gasteiger partial charge in [0, 0.05) is 10.0 Å². The summed E-state index contributed by atoms with van der Waals surface area (Å²) in [7, 11) is 1.59. The molecule has 0 aliphatic rings. The first-order valence-electron chi connectivity index (χ1n) is 7.30. The fraction of sp³-hybridized carbons (Fsp3) is 0.118. The SMILES string of the molecule is COc1ccc(-c2nc(NC(=O)COc3ccc(Br)cc3)no2)cc1. The van der Waals surface area contributed by atoms with Crippen LogP contribution in [0.25, 0.3) is 11.5 Å². The maximum absolute atomic E-state index is 11.9. The number of halogens is 1. The molecule has 0 saturated heterocycles. The van der Waals surface area contributed by atoms with Gasteiger partial charge in [0.15, 0.2) is 6.61 Å². The Labute approximate surface area is 152 Å². The summed E-state index contributed by atoms with van der Waals surface area (Å²) in [5, 5.41) is 6.25. The van der Waals surface area contributed by atoms with Crippen LogP contribution in [0.3, 0.4) is 0 Å². The van der Waals surface area contributed by atoms with Crippen LogP contribution in [-0.4, -0.2) is 29.8 Å². The van der Waals surface area contributed by atoms with Gasteiger partial charge in [-0.3, -0.25) is 10.1 Å². The summed E-state index contributed by atoms with van der Waals surface area (Å²) in [6.45, 7) is -0.159. The molecule has 8 heteroatoms. The lowest BCUT2D eigenvalue weighted by Gasteiger charge is -2.05. The number of methoxy groups -OCH3 is 1. The molecular weight excluding hydrogens is 390 g/mol. The van der Waals surface area contributed by atoms with E-state index in [9.17, 15) is 4.79 Å². The molecular formula is C17H14BrN3O4. The Morgan fingerprint density at radius 2 is 1.80 bits per heavy atom. The van der Waals surface area contributed by atoms with Crippen LogP contribution in [0.1, 0.15) is 0 Å². The highest BCUT2D eigenvalue weighted by Gasteiger charge is 2.12. The Morgan fingerprint density at radius 1 is 1.12 bits per heavy atom. The highest BCUT2D eigenvalue weighted by molar-refractivity contribution is 9.10. The molecule has 0 atom stereocenters. The molecule has 128 valence electrons. The molecule has 0 aliphatic heterocycles. The first kappa shape index (κ1) is 17.0. The van der Waals surface area contributed by atoms with Gasteiger partial charge in [-0.2, -0.15) is 4.98 Å². The smallest absolute Gasteiger partial charge is 0.270 e. The molecule has 0 spiro atoms. The highest BCUT2D eigenvalue weighted by atomic mass is 79.9. The van der Waals surface area contributed by atoms with Crippen LogP contribution in [0.15, 0.2) is 57.5 Å². The van der Waals surface area contributed by atoms with Crippen LogP contribution in [0, 0.1) is 0 Å². The maximum Gasteiger partial charge on any atom is 0.270 e. The number of nitrogens with zero attached hydrogens (tertiary/aromatic N) is 2. The molecule has 0 aliphatic carbocycles. The van der Waals surface area contributed by atoms with Gasteiger partial charge in [0.1, 0.15) is 11.5 Å². The van der Waals surface area contributed by atoms with Crippen molar-refractivity contribution in [3.8, 4) is 23.0 Å². The number of benzene rings is 2. The molecule has 0 radical (unpaired) electrons. The number of carbonyl (C=O) groups excluding carboxylic acids is 1. The van der Waals surface area contributed by atoms with Gasteiger partial charge in [-0.15, -0.1) is 0 Å². The lowest BCUT2D eigenvalue weighted by atomic mass is 10.2. The molecule has 7 nitrogen and oxygen atoms in total. The largest absolute Gasteiger partial charge is 0.497 e. The van der Waals surface area contributed by atoms with Gasteiger partial charge in [-0.25, -0.2) is 0 Å². The predicted octanol–water partition coefficient (Wildman–Crippen LogP) is 3.53. The predicted molar refractivity (Wildman–Crippen MR) is 94.6 cm³/mol. The Bertz CT molecular complexity index is 847. The fourth-order valence-corrected chi connectivity index (χ4v) is 2.23. The van der Waals surface area contributed by atoms with E-state index in [2.05, 4.69) is 31.4 Å². The lowest BCUT2D eigenvalue weighted by molar-refractivity contribution is -0.118. The summed E-state index contributed by atoms with van der Waals surface area (Å²) in [6.07, 6.45) is 0. The minimum atomic E-state index is -0.384. The lowest BCUT2D eigenvalue weighted by Crippen LogP contribution is -2.20. The first-order valence-corrected chi connectivity index (χ1v) is 8.10. The summed E-state index contributed by atoms with van der Waals surface area (Å²) in [4.78, 5) is 16.0. The van der Waals surface area contributed by atoms with Crippen molar-refractivity contribution in [3.63, 3.8) is 0 Å². The second-order valence-electron chi connectivity index (χ2n) is 4.94. The van der Waals surface area contributed by atoms with Crippen molar-refractivity contribution in [2.24, 2.45) is 0 Å². The standard InChI is InChI=1S/C17H14BrN3O4/c1-23-13-6-2-11(3-7-13)16-20-17(21-25-16)19-15(22)10-24-14-8-4-12(18)5-9-14/h2-9H,10H2,1H3,(H,19,21,22). The van der Waals surface area contributed by atoms with E-state index in [0.717, 1.165) is 15.8 Å². The van der Waals surface area contributed by atoms with Gasteiger partial charge < -0.3 is 14.0 Å². The summed E-state index contributed by atoms with van der Waals surface area (Å²) in [6, 6.07) is 14.3. The summed E-state index contributed by atoms with van der Waals surface area (Å²) < 4.78 is 16.5. The third-order valence-corrected chi connectivity index (χ3v) is 3.73. The molecule has 1 amide bonds. The number of aromatic nitrogens is 2. The minimum Gasteiger partial charge on any atom is -0.497 e. The molecule has 2 aromatic carbocycles. The zero-order valence-corrected chi connectivity index (χ0v) is 14.8. The van der Waals surface area contributed by atoms with E-state index in [-0.39, 0.29) is 18.5 Å². The molecule has 0 bridgehead atoms. The average molecular weight is 404 g/mol. The number of anilines is 1. The molecule has 3 aromatic rings. The first-order chi connectivity index (χ1) is 12.1. The van der Waals surface area contributed by atoms with Crippen molar-refractivity contribution in [3.05, 3.63) is 53.0 Å². The molecule has 0 saturated carbocycles. The third kappa shape index (κ3) is 4.57. The molecule has 1 heterocycles. The number of carbonyl (C=O) groups is 1. The van der Waals surface area contributed by atoms with E-state index in [1.165, 1.54) is 0 Å². The van der Waals surface area contributed by atoms with E-state index in [1.54, 1.807) is 43.5 Å². The quantitative estimate of drug-likeness (QED) is 0.677. The Morgan fingerprint density at radius 3 is 2.48 bits per heavy atom. The molecule has 1 aromatic heterocycles. The number of hydrogen-bond donors (Lipinski definition) is 1. The van der Waals surface area contributed by atoms with E-state index < -0.39 is 0 Å². The maximum atomic E-state index is 11.9. The van der Waals surface area contributed by atoms with Gasteiger partial charge in [0.25, 0.3) is 17.7 Å². The Hall–Kier alpha value is -2.87.